The number of fused-ring (bicyclic) bond motifs is 1. The lowest BCUT2D eigenvalue weighted by molar-refractivity contribution is 0.100. The predicted molar refractivity (Wildman–Crippen MR) is 119 cm³/mol. The van der Waals surface area contributed by atoms with Crippen LogP contribution in [0.5, 0.6) is 0 Å². The molecule has 0 saturated carbocycles. The van der Waals surface area contributed by atoms with Crippen molar-refractivity contribution in [2.24, 2.45) is 4.99 Å². The largest absolute Gasteiger partial charge is 0.312 e. The standard InChI is InChI=1S/C23H22NO2PS/c1-15(2)22-16(3)20-21(25)19(14-24-23(20)28-22)27(26,17-10-6-4-7-11-17)18-12-8-5-9-13-18/h4-15,19H,1-3H3. The average Bonchev–Trinajstić information content (AvgIpc) is 3.07. The van der Waals surface area contributed by atoms with Gasteiger partial charge in [-0.2, -0.15) is 0 Å². The van der Waals surface area contributed by atoms with Gasteiger partial charge in [0.15, 0.2) is 12.9 Å². The highest BCUT2D eigenvalue weighted by Gasteiger charge is 2.44. The first-order valence-corrected chi connectivity index (χ1v) is 12.0. The lowest BCUT2D eigenvalue weighted by atomic mass is 10.00. The van der Waals surface area contributed by atoms with Crippen LogP contribution in [0.2, 0.25) is 0 Å². The molecule has 0 bridgehead atoms. The van der Waals surface area contributed by atoms with Crippen molar-refractivity contribution in [2.75, 3.05) is 0 Å². The van der Waals surface area contributed by atoms with Gasteiger partial charge in [0.25, 0.3) is 0 Å². The Morgan fingerprint density at radius 3 is 2.00 bits per heavy atom. The number of aliphatic imine (C=N–C) groups is 1. The second-order valence-corrected chi connectivity index (χ2v) is 11.3. The number of carbonyl (C=O) groups is 1. The molecule has 28 heavy (non-hydrogen) atoms. The van der Waals surface area contributed by atoms with Gasteiger partial charge in [-0.1, -0.05) is 74.5 Å². The highest BCUT2D eigenvalue weighted by atomic mass is 32.1. The summed E-state index contributed by atoms with van der Waals surface area (Å²) in [5.41, 5.74) is 0.848. The summed E-state index contributed by atoms with van der Waals surface area (Å²) in [7, 11) is -3.24. The molecule has 142 valence electrons. The van der Waals surface area contributed by atoms with Crippen molar-refractivity contribution in [3.05, 3.63) is 76.7 Å². The van der Waals surface area contributed by atoms with Gasteiger partial charge in [0.1, 0.15) is 10.7 Å². The van der Waals surface area contributed by atoms with E-state index >= 15 is 0 Å². The second-order valence-electron chi connectivity index (χ2n) is 7.34. The molecule has 2 aromatic carbocycles. The maximum Gasteiger partial charge on any atom is 0.182 e. The van der Waals surface area contributed by atoms with Crippen LogP contribution in [0.15, 0.2) is 65.7 Å². The van der Waals surface area contributed by atoms with Crippen LogP contribution in [0, 0.1) is 6.92 Å². The number of hydrogen-bond acceptors (Lipinski definition) is 4. The van der Waals surface area contributed by atoms with Crippen molar-refractivity contribution >= 4 is 46.1 Å². The normalized spacial score (nSPS) is 16.4. The van der Waals surface area contributed by atoms with Crippen molar-refractivity contribution in [2.45, 2.75) is 32.3 Å². The molecular formula is C23H22NO2PS. The molecule has 0 N–H and O–H groups in total. The molecular weight excluding hydrogens is 385 g/mol. The molecule has 0 amide bonds. The Balaban J connectivity index is 1.90. The summed E-state index contributed by atoms with van der Waals surface area (Å²) in [6.45, 7) is 6.22. The summed E-state index contributed by atoms with van der Waals surface area (Å²) >= 11 is 1.57. The third-order valence-electron chi connectivity index (χ3n) is 5.21. The molecule has 0 aliphatic carbocycles. The lowest BCUT2D eigenvalue weighted by Gasteiger charge is -2.27. The number of thiophene rings is 1. The van der Waals surface area contributed by atoms with Crippen molar-refractivity contribution < 1.29 is 9.36 Å². The fourth-order valence-corrected chi connectivity index (χ4v) is 7.88. The molecule has 3 nitrogen and oxygen atoms in total. The summed E-state index contributed by atoms with van der Waals surface area (Å²) in [6, 6.07) is 18.7. The van der Waals surface area contributed by atoms with Gasteiger partial charge in [0.2, 0.25) is 0 Å². The second kappa shape index (κ2) is 7.27. The molecule has 1 aromatic heterocycles. The fourth-order valence-electron chi connectivity index (χ4n) is 3.83. The van der Waals surface area contributed by atoms with E-state index in [0.717, 1.165) is 10.6 Å². The molecule has 1 atom stereocenters. The summed E-state index contributed by atoms with van der Waals surface area (Å²) in [6.07, 6.45) is 1.62. The lowest BCUT2D eigenvalue weighted by Crippen LogP contribution is -2.34. The summed E-state index contributed by atoms with van der Waals surface area (Å²) < 4.78 is 14.5. The van der Waals surface area contributed by atoms with Gasteiger partial charge in [0, 0.05) is 21.7 Å². The Morgan fingerprint density at radius 1 is 0.964 bits per heavy atom. The van der Waals surface area contributed by atoms with Gasteiger partial charge in [-0.15, -0.1) is 11.3 Å². The molecule has 5 heteroatoms. The van der Waals surface area contributed by atoms with Crippen LogP contribution in [-0.4, -0.2) is 17.7 Å². The first-order chi connectivity index (χ1) is 13.4. The van der Waals surface area contributed by atoms with Crippen LogP contribution in [-0.2, 0) is 4.57 Å². The molecule has 0 spiro atoms. The van der Waals surface area contributed by atoms with Crippen LogP contribution in [0.3, 0.4) is 0 Å². The first kappa shape index (κ1) is 19.0. The zero-order valence-electron chi connectivity index (χ0n) is 16.1. The van der Waals surface area contributed by atoms with Crippen molar-refractivity contribution in [1.82, 2.24) is 0 Å². The van der Waals surface area contributed by atoms with Crippen molar-refractivity contribution in [3.8, 4) is 0 Å². The zero-order valence-corrected chi connectivity index (χ0v) is 17.8. The van der Waals surface area contributed by atoms with E-state index in [4.69, 9.17) is 0 Å². The minimum Gasteiger partial charge on any atom is -0.312 e. The van der Waals surface area contributed by atoms with Crippen molar-refractivity contribution in [3.63, 3.8) is 0 Å². The number of rotatable bonds is 4. The molecule has 1 aliphatic heterocycles. The van der Waals surface area contributed by atoms with E-state index in [9.17, 15) is 9.36 Å². The number of carbonyl (C=O) groups excluding carboxylic acids is 1. The van der Waals surface area contributed by atoms with E-state index in [1.807, 2.05) is 67.6 Å². The Labute approximate surface area is 169 Å². The van der Waals surface area contributed by atoms with E-state index in [2.05, 4.69) is 18.8 Å². The molecule has 0 fully saturated rings. The maximum absolute atomic E-state index is 14.5. The first-order valence-electron chi connectivity index (χ1n) is 9.37. The Bertz CT molecular complexity index is 1060. The topological polar surface area (TPSA) is 46.5 Å². The molecule has 0 saturated heterocycles. The quantitative estimate of drug-likeness (QED) is 0.539. The van der Waals surface area contributed by atoms with Crippen LogP contribution in [0.4, 0.5) is 5.00 Å². The molecule has 1 unspecified atom stereocenters. The number of nitrogens with zero attached hydrogens (tertiary/aromatic N) is 1. The minimum atomic E-state index is -3.24. The maximum atomic E-state index is 14.5. The average molecular weight is 407 g/mol. The van der Waals surface area contributed by atoms with Crippen LogP contribution in [0.25, 0.3) is 0 Å². The number of benzene rings is 2. The fraction of sp³-hybridized carbons (Fsp3) is 0.217. The Kier molecular flexibility index (Phi) is 4.95. The van der Waals surface area contributed by atoms with Gasteiger partial charge in [-0.05, 0) is 18.4 Å². The minimum absolute atomic E-state index is 0.0818. The van der Waals surface area contributed by atoms with Crippen LogP contribution < -0.4 is 10.6 Å². The van der Waals surface area contributed by atoms with E-state index < -0.39 is 12.8 Å². The predicted octanol–water partition coefficient (Wildman–Crippen LogP) is 5.46. The molecule has 3 aromatic rings. The van der Waals surface area contributed by atoms with Gasteiger partial charge in [-0.25, -0.2) is 4.99 Å². The van der Waals surface area contributed by atoms with Gasteiger partial charge in [0.05, 0.1) is 5.56 Å². The SMILES string of the molecule is Cc1c(C(C)C)sc2c1C(=O)C(P(=O)(c1ccccc1)c1ccccc1)C=N2. The summed E-state index contributed by atoms with van der Waals surface area (Å²) in [5, 5.41) is 2.12. The van der Waals surface area contributed by atoms with E-state index in [1.165, 1.54) is 4.88 Å². The smallest absolute Gasteiger partial charge is 0.182 e. The highest BCUT2D eigenvalue weighted by molar-refractivity contribution is 7.80. The van der Waals surface area contributed by atoms with Crippen LogP contribution >= 0.6 is 18.5 Å². The number of hydrogen-bond donors (Lipinski definition) is 0. The molecule has 4 rings (SSSR count). The summed E-state index contributed by atoms with van der Waals surface area (Å²) in [5.74, 6) is 0.244. The molecule has 0 radical (unpaired) electrons. The van der Waals surface area contributed by atoms with E-state index in [0.29, 0.717) is 22.1 Å². The number of ketones is 1. The third kappa shape index (κ3) is 2.92. The molecule has 1 aliphatic rings. The Hall–Kier alpha value is -2.29. The number of Topliss-reactive ketones (excluding diaryl/α,β-unsaturated/α-hetero) is 1. The Morgan fingerprint density at radius 2 is 1.50 bits per heavy atom. The van der Waals surface area contributed by atoms with Gasteiger partial charge in [-0.3, -0.25) is 4.79 Å². The zero-order chi connectivity index (χ0) is 19.9. The van der Waals surface area contributed by atoms with Crippen LogP contribution in [0.1, 0.15) is 40.6 Å². The third-order valence-corrected chi connectivity index (χ3v) is 9.99. The van der Waals surface area contributed by atoms with E-state index in [1.54, 1.807) is 17.6 Å². The van der Waals surface area contributed by atoms with Crippen molar-refractivity contribution in [1.29, 1.82) is 0 Å². The summed E-state index contributed by atoms with van der Waals surface area (Å²) in [4.78, 5) is 19.4. The van der Waals surface area contributed by atoms with Gasteiger partial charge < -0.3 is 4.57 Å². The highest BCUT2D eigenvalue weighted by Crippen LogP contribution is 2.52. The monoisotopic (exact) mass is 407 g/mol. The van der Waals surface area contributed by atoms with Gasteiger partial charge >= 0.3 is 0 Å². The van der Waals surface area contributed by atoms with E-state index in [-0.39, 0.29) is 5.78 Å². The molecule has 2 heterocycles.